The largest absolute Gasteiger partial charge is 0.385 e. The summed E-state index contributed by atoms with van der Waals surface area (Å²) in [7, 11) is 2.20. The second kappa shape index (κ2) is 4.27. The van der Waals surface area contributed by atoms with Crippen LogP contribution in [0.4, 0.5) is 0 Å². The number of aliphatic hydroxyl groups is 1. The van der Waals surface area contributed by atoms with Crippen LogP contribution in [0, 0.1) is 0 Å². The van der Waals surface area contributed by atoms with Crippen molar-refractivity contribution in [3.05, 3.63) is 42.1 Å². The van der Waals surface area contributed by atoms with Gasteiger partial charge in [-0.3, -0.25) is 4.98 Å². The van der Waals surface area contributed by atoms with Crippen LogP contribution in [0.15, 0.2) is 36.5 Å². The van der Waals surface area contributed by atoms with Crippen molar-refractivity contribution < 1.29 is 5.11 Å². The molecule has 1 aromatic carbocycles. The van der Waals surface area contributed by atoms with Gasteiger partial charge >= 0.3 is 0 Å². The highest BCUT2D eigenvalue weighted by Crippen LogP contribution is 2.46. The number of aromatic nitrogens is 1. The second-order valence-electron chi connectivity index (χ2n) is 6.37. The van der Waals surface area contributed by atoms with Crippen LogP contribution in [0.5, 0.6) is 0 Å². The van der Waals surface area contributed by atoms with Gasteiger partial charge in [0.05, 0.1) is 11.1 Å². The van der Waals surface area contributed by atoms with Gasteiger partial charge in [-0.2, -0.15) is 0 Å². The molecule has 3 nitrogen and oxygen atoms in total. The third-order valence-corrected chi connectivity index (χ3v) is 5.28. The topological polar surface area (TPSA) is 36.4 Å². The fourth-order valence-corrected chi connectivity index (χ4v) is 4.17. The van der Waals surface area contributed by atoms with E-state index < -0.39 is 5.60 Å². The Hall–Kier alpha value is -1.45. The number of para-hydroxylation sites is 1. The summed E-state index contributed by atoms with van der Waals surface area (Å²) < 4.78 is 0. The van der Waals surface area contributed by atoms with Crippen molar-refractivity contribution in [2.24, 2.45) is 0 Å². The van der Waals surface area contributed by atoms with Gasteiger partial charge in [-0.25, -0.2) is 0 Å². The van der Waals surface area contributed by atoms with Crippen molar-refractivity contribution in [2.75, 3.05) is 7.05 Å². The lowest BCUT2D eigenvalue weighted by atomic mass is 9.79. The van der Waals surface area contributed by atoms with Crippen LogP contribution in [-0.2, 0) is 5.60 Å². The Labute approximate surface area is 119 Å². The summed E-state index contributed by atoms with van der Waals surface area (Å²) in [5.41, 5.74) is 1.35. The van der Waals surface area contributed by atoms with Gasteiger partial charge < -0.3 is 10.0 Å². The highest BCUT2D eigenvalue weighted by molar-refractivity contribution is 5.82. The van der Waals surface area contributed by atoms with Crippen LogP contribution in [0.2, 0.25) is 0 Å². The number of rotatable bonds is 1. The SMILES string of the molecule is CN1C2CCC1CC(O)(c1ccnc3ccccc13)C2. The summed E-state index contributed by atoms with van der Waals surface area (Å²) >= 11 is 0. The van der Waals surface area contributed by atoms with Gasteiger partial charge in [0.2, 0.25) is 0 Å². The molecule has 4 rings (SSSR count). The van der Waals surface area contributed by atoms with Crippen molar-refractivity contribution in [3.8, 4) is 0 Å². The predicted molar refractivity (Wildman–Crippen MR) is 79.4 cm³/mol. The van der Waals surface area contributed by atoms with Gasteiger partial charge in [-0.1, -0.05) is 18.2 Å². The van der Waals surface area contributed by atoms with E-state index in [0.29, 0.717) is 12.1 Å². The number of pyridine rings is 1. The monoisotopic (exact) mass is 268 g/mol. The Morgan fingerprint density at radius 1 is 1.15 bits per heavy atom. The molecule has 3 heterocycles. The molecule has 20 heavy (non-hydrogen) atoms. The normalized spacial score (nSPS) is 33.7. The van der Waals surface area contributed by atoms with Crippen LogP contribution in [0.3, 0.4) is 0 Å². The molecule has 0 saturated carbocycles. The fraction of sp³-hybridized carbons (Fsp3) is 0.471. The highest BCUT2D eigenvalue weighted by Gasteiger charge is 2.47. The Morgan fingerprint density at radius 2 is 1.85 bits per heavy atom. The first kappa shape index (κ1) is 12.3. The fourth-order valence-electron chi connectivity index (χ4n) is 4.17. The number of hydrogen-bond acceptors (Lipinski definition) is 3. The third kappa shape index (κ3) is 1.70. The summed E-state index contributed by atoms with van der Waals surface area (Å²) in [5, 5.41) is 12.4. The van der Waals surface area contributed by atoms with E-state index >= 15 is 0 Å². The molecule has 3 heteroatoms. The molecule has 2 unspecified atom stereocenters. The Kier molecular flexibility index (Phi) is 2.63. The molecular formula is C17H20N2O. The van der Waals surface area contributed by atoms with E-state index in [9.17, 15) is 5.11 Å². The zero-order valence-electron chi connectivity index (χ0n) is 11.8. The lowest BCUT2D eigenvalue weighted by Gasteiger charge is -2.42. The van der Waals surface area contributed by atoms with E-state index in [1.807, 2.05) is 30.5 Å². The average Bonchev–Trinajstić information content (AvgIpc) is 2.70. The van der Waals surface area contributed by atoms with Crippen LogP contribution in [0.25, 0.3) is 10.9 Å². The molecule has 2 aliphatic rings. The average molecular weight is 268 g/mol. The zero-order chi connectivity index (χ0) is 13.7. The van der Waals surface area contributed by atoms with Crippen LogP contribution < -0.4 is 0 Å². The van der Waals surface area contributed by atoms with Gasteiger partial charge in [0.1, 0.15) is 0 Å². The summed E-state index contributed by atoms with van der Waals surface area (Å²) in [4.78, 5) is 6.87. The lowest BCUT2D eigenvalue weighted by Crippen LogP contribution is -2.47. The maximum Gasteiger partial charge on any atom is 0.0933 e. The van der Waals surface area contributed by atoms with Crippen molar-refractivity contribution in [3.63, 3.8) is 0 Å². The van der Waals surface area contributed by atoms with Gasteiger partial charge in [0, 0.05) is 23.7 Å². The molecule has 2 fully saturated rings. The molecule has 2 aromatic rings. The zero-order valence-corrected chi connectivity index (χ0v) is 11.8. The lowest BCUT2D eigenvalue weighted by molar-refractivity contribution is -0.0482. The Morgan fingerprint density at radius 3 is 2.60 bits per heavy atom. The minimum Gasteiger partial charge on any atom is -0.385 e. The predicted octanol–water partition coefficient (Wildman–Crippen LogP) is 2.68. The van der Waals surface area contributed by atoms with Gasteiger partial charge in [-0.05, 0) is 50.4 Å². The molecule has 0 amide bonds. The molecule has 2 saturated heterocycles. The number of fused-ring (bicyclic) bond motifs is 3. The van der Waals surface area contributed by atoms with Crippen LogP contribution >= 0.6 is 0 Å². The highest BCUT2D eigenvalue weighted by atomic mass is 16.3. The smallest absolute Gasteiger partial charge is 0.0933 e. The maximum absolute atomic E-state index is 11.3. The van der Waals surface area contributed by atoms with E-state index in [2.05, 4.69) is 23.0 Å². The van der Waals surface area contributed by atoms with Gasteiger partial charge in [0.25, 0.3) is 0 Å². The van der Waals surface area contributed by atoms with Gasteiger partial charge in [0.15, 0.2) is 0 Å². The quantitative estimate of drug-likeness (QED) is 0.864. The van der Waals surface area contributed by atoms with E-state index in [0.717, 1.165) is 29.3 Å². The summed E-state index contributed by atoms with van der Waals surface area (Å²) in [6.45, 7) is 0. The molecule has 2 atom stereocenters. The van der Waals surface area contributed by atoms with E-state index in [1.54, 1.807) is 0 Å². The molecular weight excluding hydrogens is 248 g/mol. The minimum absolute atomic E-state index is 0.519. The standard InChI is InChI=1S/C17H20N2O/c1-19-12-6-7-13(19)11-17(20,10-12)15-8-9-18-16-5-3-2-4-14(15)16/h2-5,8-9,12-13,20H,6-7,10-11H2,1H3. The summed E-state index contributed by atoms with van der Waals surface area (Å²) in [6, 6.07) is 11.2. The number of piperidine rings is 1. The summed E-state index contributed by atoms with van der Waals surface area (Å²) in [6.07, 6.45) is 5.94. The van der Waals surface area contributed by atoms with E-state index in [1.165, 1.54) is 12.8 Å². The van der Waals surface area contributed by atoms with E-state index in [4.69, 9.17) is 0 Å². The number of hydrogen-bond donors (Lipinski definition) is 1. The van der Waals surface area contributed by atoms with Crippen LogP contribution in [-0.4, -0.2) is 34.1 Å². The van der Waals surface area contributed by atoms with E-state index in [-0.39, 0.29) is 0 Å². The number of nitrogens with zero attached hydrogens (tertiary/aromatic N) is 2. The van der Waals surface area contributed by atoms with Crippen molar-refractivity contribution in [1.29, 1.82) is 0 Å². The molecule has 2 bridgehead atoms. The first-order valence-electron chi connectivity index (χ1n) is 7.46. The van der Waals surface area contributed by atoms with Crippen molar-refractivity contribution >= 4 is 10.9 Å². The maximum atomic E-state index is 11.3. The molecule has 0 spiro atoms. The molecule has 1 N–H and O–H groups in total. The number of benzene rings is 1. The Bertz CT molecular complexity index is 635. The first-order valence-corrected chi connectivity index (χ1v) is 7.46. The molecule has 1 aromatic heterocycles. The van der Waals surface area contributed by atoms with Crippen molar-refractivity contribution in [1.82, 2.24) is 9.88 Å². The molecule has 104 valence electrons. The molecule has 0 radical (unpaired) electrons. The molecule has 0 aliphatic carbocycles. The van der Waals surface area contributed by atoms with Crippen LogP contribution in [0.1, 0.15) is 31.2 Å². The first-order chi connectivity index (χ1) is 9.67. The minimum atomic E-state index is -0.694. The third-order valence-electron chi connectivity index (χ3n) is 5.28. The Balaban J connectivity index is 1.83. The molecule has 2 aliphatic heterocycles. The van der Waals surface area contributed by atoms with Crippen molar-refractivity contribution in [2.45, 2.75) is 43.4 Å². The van der Waals surface area contributed by atoms with Gasteiger partial charge in [-0.15, -0.1) is 0 Å². The summed E-state index contributed by atoms with van der Waals surface area (Å²) in [5.74, 6) is 0. The second-order valence-corrected chi connectivity index (χ2v) is 6.37.